The predicted octanol–water partition coefficient (Wildman–Crippen LogP) is 5.45. The normalized spacial score (nSPS) is 11.0. The topological polar surface area (TPSA) is 3.24 Å². The van der Waals surface area contributed by atoms with Gasteiger partial charge in [-0.25, -0.2) is 0 Å². The first-order valence-electron chi connectivity index (χ1n) is 6.75. The van der Waals surface area contributed by atoms with Crippen molar-refractivity contribution in [2.45, 2.75) is 39.5 Å². The Balaban J connectivity index is 2.87. The second-order valence-electron chi connectivity index (χ2n) is 4.64. The van der Waals surface area contributed by atoms with Crippen molar-refractivity contribution in [3.8, 4) is 0 Å². The summed E-state index contributed by atoms with van der Waals surface area (Å²) in [6, 6.07) is 6.41. The number of halogens is 2. The Morgan fingerprint density at radius 1 is 1.22 bits per heavy atom. The van der Waals surface area contributed by atoms with Gasteiger partial charge in [0.25, 0.3) is 0 Å². The first kappa shape index (κ1) is 15.8. The van der Waals surface area contributed by atoms with Crippen molar-refractivity contribution in [3.63, 3.8) is 0 Å². The van der Waals surface area contributed by atoms with E-state index in [2.05, 4.69) is 59.8 Å². The van der Waals surface area contributed by atoms with Crippen LogP contribution in [0.3, 0.4) is 0 Å². The summed E-state index contributed by atoms with van der Waals surface area (Å²) in [6.07, 6.45) is 2.48. The molecule has 0 heterocycles. The fourth-order valence-electron chi connectivity index (χ4n) is 2.15. The molecule has 0 unspecified atom stereocenters. The Labute approximate surface area is 125 Å². The van der Waals surface area contributed by atoms with E-state index < -0.39 is 0 Å². The Bertz CT molecular complexity index is 364. The predicted molar refractivity (Wildman–Crippen MR) is 85.7 cm³/mol. The van der Waals surface area contributed by atoms with Crippen molar-refractivity contribution in [1.29, 1.82) is 0 Å². The van der Waals surface area contributed by atoms with Crippen LogP contribution in [0, 0.1) is 5.92 Å². The van der Waals surface area contributed by atoms with Crippen LogP contribution >= 0.6 is 27.5 Å². The minimum atomic E-state index is 0.567. The molecular weight excluding hydrogens is 310 g/mol. The monoisotopic (exact) mass is 331 g/mol. The van der Waals surface area contributed by atoms with E-state index in [9.17, 15) is 0 Å². The highest BCUT2D eigenvalue weighted by molar-refractivity contribution is 9.10. The zero-order chi connectivity index (χ0) is 13.5. The van der Waals surface area contributed by atoms with Gasteiger partial charge in [-0.1, -0.05) is 32.8 Å². The SMILES string of the molecule is CCC(CC)CN(CC)c1ccc(CCl)cc1Br. The zero-order valence-corrected chi connectivity index (χ0v) is 13.9. The smallest absolute Gasteiger partial charge is 0.0510 e. The highest BCUT2D eigenvalue weighted by atomic mass is 79.9. The molecule has 1 nitrogen and oxygen atoms in total. The van der Waals surface area contributed by atoms with Crippen LogP contribution < -0.4 is 4.90 Å². The summed E-state index contributed by atoms with van der Waals surface area (Å²) in [4.78, 5) is 2.44. The number of nitrogens with zero attached hydrogens (tertiary/aromatic N) is 1. The van der Waals surface area contributed by atoms with E-state index in [0.717, 1.165) is 29.0 Å². The van der Waals surface area contributed by atoms with E-state index in [1.807, 2.05) is 0 Å². The third-order valence-electron chi connectivity index (χ3n) is 3.52. The molecule has 3 heteroatoms. The van der Waals surface area contributed by atoms with Crippen LogP contribution in [-0.4, -0.2) is 13.1 Å². The molecule has 1 rings (SSSR count). The molecule has 0 radical (unpaired) electrons. The molecule has 0 amide bonds. The second-order valence-corrected chi connectivity index (χ2v) is 5.76. The standard InChI is InChI=1S/C15H23BrClN/c1-4-12(5-2)11-18(6-3)15-8-7-13(10-17)9-14(15)16/h7-9,12H,4-6,10-11H2,1-3H3. The molecule has 0 saturated carbocycles. The fourth-order valence-corrected chi connectivity index (χ4v) is 2.99. The first-order valence-corrected chi connectivity index (χ1v) is 8.08. The molecule has 0 fully saturated rings. The van der Waals surface area contributed by atoms with Gasteiger partial charge in [0.2, 0.25) is 0 Å². The Morgan fingerprint density at radius 2 is 1.89 bits per heavy atom. The molecule has 0 N–H and O–H groups in total. The fraction of sp³-hybridized carbons (Fsp3) is 0.600. The molecule has 0 spiro atoms. The maximum absolute atomic E-state index is 5.86. The highest BCUT2D eigenvalue weighted by Gasteiger charge is 2.13. The molecule has 0 atom stereocenters. The third kappa shape index (κ3) is 4.17. The van der Waals surface area contributed by atoms with Gasteiger partial charge in [-0.05, 0) is 46.5 Å². The summed E-state index contributed by atoms with van der Waals surface area (Å²) in [6.45, 7) is 8.92. The molecule has 1 aromatic rings. The number of hydrogen-bond acceptors (Lipinski definition) is 1. The molecule has 1 aromatic carbocycles. The minimum Gasteiger partial charge on any atom is -0.371 e. The van der Waals surface area contributed by atoms with Crippen LogP contribution in [-0.2, 0) is 5.88 Å². The molecule has 0 aromatic heterocycles. The molecule has 0 aliphatic heterocycles. The Morgan fingerprint density at radius 3 is 2.33 bits per heavy atom. The summed E-state index contributed by atoms with van der Waals surface area (Å²) in [5, 5.41) is 0. The van der Waals surface area contributed by atoms with Crippen LogP contribution in [0.2, 0.25) is 0 Å². The van der Waals surface area contributed by atoms with Gasteiger partial charge in [-0.15, -0.1) is 11.6 Å². The van der Waals surface area contributed by atoms with Crippen molar-refractivity contribution >= 4 is 33.2 Å². The number of hydrogen-bond donors (Lipinski definition) is 0. The van der Waals surface area contributed by atoms with Gasteiger partial charge in [0.1, 0.15) is 0 Å². The summed E-state index contributed by atoms with van der Waals surface area (Å²) >= 11 is 9.52. The molecular formula is C15H23BrClN. The van der Waals surface area contributed by atoms with Crippen LogP contribution in [0.1, 0.15) is 39.2 Å². The average Bonchev–Trinajstić information content (AvgIpc) is 2.41. The molecule has 0 bridgehead atoms. The maximum Gasteiger partial charge on any atom is 0.0510 e. The van der Waals surface area contributed by atoms with Crippen LogP contribution in [0.4, 0.5) is 5.69 Å². The number of rotatable bonds is 7. The summed E-state index contributed by atoms with van der Waals surface area (Å²) in [7, 11) is 0. The van der Waals surface area contributed by atoms with Gasteiger partial charge < -0.3 is 4.90 Å². The van der Waals surface area contributed by atoms with Gasteiger partial charge in [0.15, 0.2) is 0 Å². The van der Waals surface area contributed by atoms with Gasteiger partial charge >= 0.3 is 0 Å². The minimum absolute atomic E-state index is 0.567. The van der Waals surface area contributed by atoms with Crippen molar-refractivity contribution < 1.29 is 0 Å². The van der Waals surface area contributed by atoms with Crippen LogP contribution in [0.5, 0.6) is 0 Å². The molecule has 102 valence electrons. The van der Waals surface area contributed by atoms with E-state index in [1.54, 1.807) is 0 Å². The second kappa shape index (κ2) is 8.06. The van der Waals surface area contributed by atoms with Crippen molar-refractivity contribution in [2.24, 2.45) is 5.92 Å². The summed E-state index contributed by atoms with van der Waals surface area (Å²) in [5.41, 5.74) is 2.43. The molecule has 18 heavy (non-hydrogen) atoms. The summed E-state index contributed by atoms with van der Waals surface area (Å²) in [5.74, 6) is 1.34. The number of anilines is 1. The van der Waals surface area contributed by atoms with Gasteiger partial charge in [0.05, 0.1) is 5.69 Å². The molecule has 0 aliphatic carbocycles. The highest BCUT2D eigenvalue weighted by Crippen LogP contribution is 2.29. The Kier molecular flexibility index (Phi) is 7.10. The quantitative estimate of drug-likeness (QED) is 0.600. The lowest BCUT2D eigenvalue weighted by Crippen LogP contribution is -2.29. The number of alkyl halides is 1. The van der Waals surface area contributed by atoms with Gasteiger partial charge in [-0.3, -0.25) is 0 Å². The largest absolute Gasteiger partial charge is 0.371 e. The van der Waals surface area contributed by atoms with Crippen LogP contribution in [0.15, 0.2) is 22.7 Å². The van der Waals surface area contributed by atoms with Crippen molar-refractivity contribution in [2.75, 3.05) is 18.0 Å². The molecule has 0 saturated heterocycles. The maximum atomic E-state index is 5.86. The number of benzene rings is 1. The van der Waals surface area contributed by atoms with E-state index >= 15 is 0 Å². The van der Waals surface area contributed by atoms with E-state index in [-0.39, 0.29) is 0 Å². The molecule has 0 aliphatic rings. The van der Waals surface area contributed by atoms with Gasteiger partial charge in [-0.2, -0.15) is 0 Å². The zero-order valence-electron chi connectivity index (χ0n) is 11.5. The lowest BCUT2D eigenvalue weighted by molar-refractivity contribution is 0.486. The summed E-state index contributed by atoms with van der Waals surface area (Å²) < 4.78 is 1.15. The van der Waals surface area contributed by atoms with Crippen molar-refractivity contribution in [3.05, 3.63) is 28.2 Å². The van der Waals surface area contributed by atoms with Crippen LogP contribution in [0.25, 0.3) is 0 Å². The van der Waals surface area contributed by atoms with Crippen molar-refractivity contribution in [1.82, 2.24) is 0 Å². The Hall–Kier alpha value is -0.210. The third-order valence-corrected chi connectivity index (χ3v) is 4.47. The van der Waals surface area contributed by atoms with E-state index in [4.69, 9.17) is 11.6 Å². The first-order chi connectivity index (χ1) is 8.65. The lowest BCUT2D eigenvalue weighted by Gasteiger charge is -2.28. The lowest BCUT2D eigenvalue weighted by atomic mass is 10.0. The average molecular weight is 333 g/mol. The van der Waals surface area contributed by atoms with E-state index in [0.29, 0.717) is 5.88 Å². The van der Waals surface area contributed by atoms with E-state index in [1.165, 1.54) is 18.5 Å². The van der Waals surface area contributed by atoms with Gasteiger partial charge in [0, 0.05) is 23.4 Å².